The topological polar surface area (TPSA) is 22.0 Å². The Balaban J connectivity index is 2.90. The third-order valence-electron chi connectivity index (χ3n) is 3.00. The van der Waals surface area contributed by atoms with E-state index in [1.54, 1.807) is 13.8 Å². The normalized spacial score (nSPS) is 10.9. The van der Waals surface area contributed by atoms with E-state index in [0.29, 0.717) is 17.7 Å². The van der Waals surface area contributed by atoms with Crippen LogP contribution < -0.4 is 5.56 Å². The van der Waals surface area contributed by atoms with Crippen molar-refractivity contribution in [3.8, 4) is 11.3 Å². The molecule has 0 bridgehead atoms. The largest absolute Gasteiger partial charge is 0.307 e. The van der Waals surface area contributed by atoms with Gasteiger partial charge in [0.25, 0.3) is 5.56 Å². The number of hydrogen-bond donors (Lipinski definition) is 0. The van der Waals surface area contributed by atoms with Crippen molar-refractivity contribution in [3.63, 3.8) is 0 Å². The predicted octanol–water partition coefficient (Wildman–Crippen LogP) is 3.91. The van der Waals surface area contributed by atoms with E-state index >= 15 is 0 Å². The minimum atomic E-state index is -1.06. The third kappa shape index (κ3) is 2.33. The first-order chi connectivity index (χ1) is 9.36. The summed E-state index contributed by atoms with van der Waals surface area (Å²) in [6.07, 6.45) is 0. The number of rotatable bonds is 2. The fourth-order valence-corrected chi connectivity index (χ4v) is 2.43. The standard InChI is InChI=1S/C14H11ClF3NO/c1-3-19-13(7(2)4-9(15)14(19)20)12-10(17)5-8(16)6-11(12)18/h4-6H,3H2,1-2H3. The SMILES string of the molecule is CCn1c(-c2c(F)cc(F)cc2F)c(C)cc(Cl)c1=O. The number of hydrogen-bond acceptors (Lipinski definition) is 1. The summed E-state index contributed by atoms with van der Waals surface area (Å²) in [5.74, 6) is -3.13. The Hall–Kier alpha value is -1.75. The van der Waals surface area contributed by atoms with Crippen molar-refractivity contribution in [1.29, 1.82) is 0 Å². The number of pyridine rings is 1. The van der Waals surface area contributed by atoms with E-state index in [4.69, 9.17) is 11.6 Å². The Bertz CT molecular complexity index is 717. The first kappa shape index (κ1) is 14.7. The molecule has 1 aromatic carbocycles. The highest BCUT2D eigenvalue weighted by atomic mass is 35.5. The van der Waals surface area contributed by atoms with Crippen LogP contribution in [0.15, 0.2) is 23.0 Å². The molecule has 0 amide bonds. The van der Waals surface area contributed by atoms with E-state index in [1.807, 2.05) is 0 Å². The molecule has 0 N–H and O–H groups in total. The molecule has 0 unspecified atom stereocenters. The summed E-state index contributed by atoms with van der Waals surface area (Å²) < 4.78 is 41.9. The second-order valence-electron chi connectivity index (χ2n) is 4.32. The van der Waals surface area contributed by atoms with Gasteiger partial charge in [-0.25, -0.2) is 13.2 Å². The molecular weight excluding hydrogens is 291 g/mol. The second kappa shape index (κ2) is 5.32. The van der Waals surface area contributed by atoms with Crippen LogP contribution in [0, 0.1) is 24.4 Å². The molecule has 0 atom stereocenters. The lowest BCUT2D eigenvalue weighted by Crippen LogP contribution is -2.23. The molecule has 0 fully saturated rings. The zero-order valence-electron chi connectivity index (χ0n) is 10.8. The van der Waals surface area contributed by atoms with Gasteiger partial charge in [0.15, 0.2) is 0 Å². The van der Waals surface area contributed by atoms with Crippen LogP contribution in [0.2, 0.25) is 5.02 Å². The summed E-state index contributed by atoms with van der Waals surface area (Å²) in [7, 11) is 0. The van der Waals surface area contributed by atoms with Gasteiger partial charge >= 0.3 is 0 Å². The Morgan fingerprint density at radius 1 is 1.15 bits per heavy atom. The first-order valence-electron chi connectivity index (χ1n) is 5.91. The number of aryl methyl sites for hydroxylation is 1. The van der Waals surface area contributed by atoms with Gasteiger partial charge in [-0.3, -0.25) is 4.79 Å². The fourth-order valence-electron chi connectivity index (χ4n) is 2.17. The summed E-state index contributed by atoms with van der Waals surface area (Å²) in [6.45, 7) is 3.42. The molecular formula is C14H11ClF3NO. The van der Waals surface area contributed by atoms with Crippen LogP contribution in [0.5, 0.6) is 0 Å². The van der Waals surface area contributed by atoms with E-state index in [2.05, 4.69) is 0 Å². The molecule has 2 rings (SSSR count). The Morgan fingerprint density at radius 3 is 2.20 bits per heavy atom. The van der Waals surface area contributed by atoms with Crippen LogP contribution in [-0.4, -0.2) is 4.57 Å². The van der Waals surface area contributed by atoms with Crippen LogP contribution in [0.25, 0.3) is 11.3 Å². The summed E-state index contributed by atoms with van der Waals surface area (Å²) in [5, 5.41) is -0.0315. The van der Waals surface area contributed by atoms with Gasteiger partial charge in [-0.15, -0.1) is 0 Å². The lowest BCUT2D eigenvalue weighted by Gasteiger charge is -2.16. The quantitative estimate of drug-likeness (QED) is 0.824. The van der Waals surface area contributed by atoms with Crippen molar-refractivity contribution in [3.05, 3.63) is 56.6 Å². The lowest BCUT2D eigenvalue weighted by atomic mass is 10.0. The van der Waals surface area contributed by atoms with Crippen molar-refractivity contribution in [2.24, 2.45) is 0 Å². The van der Waals surface area contributed by atoms with Crippen molar-refractivity contribution in [1.82, 2.24) is 4.57 Å². The third-order valence-corrected chi connectivity index (χ3v) is 3.27. The Morgan fingerprint density at radius 2 is 1.70 bits per heavy atom. The number of halogens is 4. The van der Waals surface area contributed by atoms with E-state index in [1.165, 1.54) is 6.07 Å². The average Bonchev–Trinajstić information content (AvgIpc) is 2.34. The highest BCUT2D eigenvalue weighted by molar-refractivity contribution is 6.30. The molecule has 0 saturated carbocycles. The highest BCUT2D eigenvalue weighted by Crippen LogP contribution is 2.29. The van der Waals surface area contributed by atoms with Crippen LogP contribution >= 0.6 is 11.6 Å². The molecule has 0 aliphatic rings. The predicted molar refractivity (Wildman–Crippen MR) is 71.4 cm³/mol. The average molecular weight is 302 g/mol. The van der Waals surface area contributed by atoms with E-state index < -0.39 is 28.6 Å². The van der Waals surface area contributed by atoms with Gasteiger partial charge in [0.05, 0.1) is 11.3 Å². The van der Waals surface area contributed by atoms with Crippen LogP contribution in [0.4, 0.5) is 13.2 Å². The zero-order valence-corrected chi connectivity index (χ0v) is 11.6. The first-order valence-corrected chi connectivity index (χ1v) is 6.29. The van der Waals surface area contributed by atoms with Gasteiger partial charge < -0.3 is 4.57 Å². The smallest absolute Gasteiger partial charge is 0.269 e. The van der Waals surface area contributed by atoms with Crippen molar-refractivity contribution >= 4 is 11.6 Å². The van der Waals surface area contributed by atoms with Crippen LogP contribution in [-0.2, 0) is 6.54 Å². The molecule has 0 aliphatic carbocycles. The molecule has 2 aromatic rings. The molecule has 106 valence electrons. The van der Waals surface area contributed by atoms with Crippen molar-refractivity contribution in [2.75, 3.05) is 0 Å². The van der Waals surface area contributed by atoms with Gasteiger partial charge in [0.2, 0.25) is 0 Å². The Kier molecular flexibility index (Phi) is 3.90. The maximum atomic E-state index is 13.9. The van der Waals surface area contributed by atoms with E-state index in [0.717, 1.165) is 4.57 Å². The zero-order chi connectivity index (χ0) is 15.0. The summed E-state index contributed by atoms with van der Waals surface area (Å²) in [5.41, 5.74) is -0.477. The fraction of sp³-hybridized carbons (Fsp3) is 0.214. The molecule has 2 nitrogen and oxygen atoms in total. The summed E-state index contributed by atoms with van der Waals surface area (Å²) >= 11 is 5.78. The van der Waals surface area contributed by atoms with Gasteiger partial charge in [-0.1, -0.05) is 11.6 Å². The minimum absolute atomic E-state index is 0.0315. The van der Waals surface area contributed by atoms with Crippen LogP contribution in [0.1, 0.15) is 12.5 Å². The molecule has 1 heterocycles. The summed E-state index contributed by atoms with van der Waals surface area (Å²) in [6, 6.07) is 2.50. The number of benzene rings is 1. The second-order valence-corrected chi connectivity index (χ2v) is 4.72. The molecule has 0 radical (unpaired) electrons. The van der Waals surface area contributed by atoms with E-state index in [9.17, 15) is 18.0 Å². The summed E-state index contributed by atoms with van der Waals surface area (Å²) in [4.78, 5) is 11.9. The highest BCUT2D eigenvalue weighted by Gasteiger charge is 2.20. The maximum Gasteiger partial charge on any atom is 0.269 e. The van der Waals surface area contributed by atoms with E-state index in [-0.39, 0.29) is 17.3 Å². The molecule has 0 saturated heterocycles. The van der Waals surface area contributed by atoms with Crippen molar-refractivity contribution < 1.29 is 13.2 Å². The van der Waals surface area contributed by atoms with Gasteiger partial charge in [-0.05, 0) is 25.5 Å². The molecule has 20 heavy (non-hydrogen) atoms. The Labute approximate surface area is 118 Å². The number of nitrogens with zero attached hydrogens (tertiary/aromatic N) is 1. The molecule has 0 aliphatic heterocycles. The monoisotopic (exact) mass is 301 g/mol. The van der Waals surface area contributed by atoms with Gasteiger partial charge in [-0.2, -0.15) is 0 Å². The maximum absolute atomic E-state index is 13.9. The molecule has 1 aromatic heterocycles. The van der Waals surface area contributed by atoms with Crippen molar-refractivity contribution in [2.45, 2.75) is 20.4 Å². The minimum Gasteiger partial charge on any atom is -0.307 e. The number of aromatic nitrogens is 1. The molecule has 0 spiro atoms. The van der Waals surface area contributed by atoms with Crippen LogP contribution in [0.3, 0.4) is 0 Å². The van der Waals surface area contributed by atoms with Gasteiger partial charge in [0.1, 0.15) is 22.5 Å². The van der Waals surface area contributed by atoms with Gasteiger partial charge in [0, 0.05) is 18.7 Å². The lowest BCUT2D eigenvalue weighted by molar-refractivity contribution is 0.545. The molecule has 6 heteroatoms.